The number of likely N-dealkylation sites (tertiary alicyclic amines) is 1. The van der Waals surface area contributed by atoms with E-state index in [9.17, 15) is 4.79 Å². The number of hydrogen-bond donors (Lipinski definition) is 1. The van der Waals surface area contributed by atoms with Gasteiger partial charge >= 0.3 is 0 Å². The number of fused-ring (bicyclic) bond motifs is 1. The molecular formula is C19H28N2O3. The number of nitrogens with one attached hydrogen (secondary N) is 1. The van der Waals surface area contributed by atoms with E-state index in [0.29, 0.717) is 36.4 Å². The Labute approximate surface area is 144 Å². The molecule has 5 nitrogen and oxygen atoms in total. The van der Waals surface area contributed by atoms with Gasteiger partial charge in [-0.25, -0.2) is 0 Å². The molecule has 0 unspecified atom stereocenters. The molecule has 1 N–H and O–H groups in total. The van der Waals surface area contributed by atoms with Crippen LogP contribution in [0.25, 0.3) is 0 Å². The fourth-order valence-electron chi connectivity index (χ4n) is 3.50. The van der Waals surface area contributed by atoms with Crippen LogP contribution in [0.5, 0.6) is 11.5 Å². The first-order valence-electron chi connectivity index (χ1n) is 9.12. The molecule has 2 atom stereocenters. The number of rotatable bonds is 7. The molecule has 2 aliphatic heterocycles. The third-order valence-corrected chi connectivity index (χ3v) is 4.79. The summed E-state index contributed by atoms with van der Waals surface area (Å²) in [4.78, 5) is 14.8. The summed E-state index contributed by atoms with van der Waals surface area (Å²) in [7, 11) is 0. The standard InChI is InChI=1S/C19H28N2O3/c1-3-7-23-17-6-5-14(9-18(17)24-8-4-2)19(22)21-12-15-10-20-11-16(15)13-21/h5-6,9,15-16,20H,3-4,7-8,10-13H2,1-2H3/t15-,16+. The third kappa shape index (κ3) is 3.66. The van der Waals surface area contributed by atoms with Crippen molar-refractivity contribution in [1.29, 1.82) is 0 Å². The molecule has 0 spiro atoms. The van der Waals surface area contributed by atoms with Crippen molar-refractivity contribution in [2.75, 3.05) is 39.4 Å². The summed E-state index contributed by atoms with van der Waals surface area (Å²) >= 11 is 0. The SMILES string of the molecule is CCCOc1ccc(C(=O)N2C[C@H]3CNC[C@H]3C2)cc1OCCC. The Bertz CT molecular complexity index is 564. The molecule has 2 fully saturated rings. The molecule has 0 bridgehead atoms. The van der Waals surface area contributed by atoms with E-state index in [2.05, 4.69) is 19.2 Å². The van der Waals surface area contributed by atoms with Crippen LogP contribution in [0.4, 0.5) is 0 Å². The molecule has 2 saturated heterocycles. The van der Waals surface area contributed by atoms with Crippen molar-refractivity contribution in [1.82, 2.24) is 10.2 Å². The van der Waals surface area contributed by atoms with Crippen LogP contribution in [0.2, 0.25) is 0 Å². The van der Waals surface area contributed by atoms with Crippen molar-refractivity contribution in [3.63, 3.8) is 0 Å². The highest BCUT2D eigenvalue weighted by molar-refractivity contribution is 5.95. The lowest BCUT2D eigenvalue weighted by Gasteiger charge is -2.19. The van der Waals surface area contributed by atoms with Crippen LogP contribution in [0.1, 0.15) is 37.0 Å². The third-order valence-electron chi connectivity index (χ3n) is 4.79. The van der Waals surface area contributed by atoms with E-state index in [4.69, 9.17) is 9.47 Å². The van der Waals surface area contributed by atoms with Gasteiger partial charge in [-0.15, -0.1) is 0 Å². The van der Waals surface area contributed by atoms with E-state index in [-0.39, 0.29) is 5.91 Å². The fraction of sp³-hybridized carbons (Fsp3) is 0.632. The van der Waals surface area contributed by atoms with E-state index in [1.54, 1.807) is 0 Å². The van der Waals surface area contributed by atoms with Gasteiger partial charge in [-0.1, -0.05) is 13.8 Å². The minimum atomic E-state index is 0.104. The van der Waals surface area contributed by atoms with E-state index >= 15 is 0 Å². The van der Waals surface area contributed by atoms with Gasteiger partial charge in [0.1, 0.15) is 0 Å². The maximum absolute atomic E-state index is 12.8. The Morgan fingerprint density at radius 3 is 2.33 bits per heavy atom. The lowest BCUT2D eigenvalue weighted by atomic mass is 10.0. The van der Waals surface area contributed by atoms with Crippen molar-refractivity contribution in [3.8, 4) is 11.5 Å². The van der Waals surface area contributed by atoms with E-state index in [0.717, 1.165) is 44.8 Å². The van der Waals surface area contributed by atoms with Gasteiger partial charge < -0.3 is 19.7 Å². The second kappa shape index (κ2) is 7.88. The predicted octanol–water partition coefficient (Wildman–Crippen LogP) is 2.56. The van der Waals surface area contributed by atoms with Gasteiger partial charge in [-0.3, -0.25) is 4.79 Å². The van der Waals surface area contributed by atoms with E-state index in [1.165, 1.54) is 0 Å². The number of hydrogen-bond acceptors (Lipinski definition) is 4. The van der Waals surface area contributed by atoms with E-state index in [1.807, 2.05) is 23.1 Å². The first-order valence-corrected chi connectivity index (χ1v) is 9.12. The molecule has 3 rings (SSSR count). The van der Waals surface area contributed by atoms with Crippen molar-refractivity contribution < 1.29 is 14.3 Å². The Balaban J connectivity index is 1.73. The Kier molecular flexibility index (Phi) is 5.61. The molecular weight excluding hydrogens is 304 g/mol. The lowest BCUT2D eigenvalue weighted by molar-refractivity contribution is 0.0781. The number of benzene rings is 1. The summed E-state index contributed by atoms with van der Waals surface area (Å²) in [5, 5.41) is 3.41. The average molecular weight is 332 g/mol. The number of carbonyl (C=O) groups is 1. The average Bonchev–Trinajstić information content (AvgIpc) is 3.19. The highest BCUT2D eigenvalue weighted by atomic mass is 16.5. The van der Waals surface area contributed by atoms with Gasteiger partial charge in [0.05, 0.1) is 13.2 Å². The van der Waals surface area contributed by atoms with Crippen LogP contribution in [-0.4, -0.2) is 50.2 Å². The Morgan fingerprint density at radius 2 is 1.71 bits per heavy atom. The zero-order valence-electron chi connectivity index (χ0n) is 14.7. The number of amides is 1. The van der Waals surface area contributed by atoms with Gasteiger partial charge in [-0.2, -0.15) is 0 Å². The summed E-state index contributed by atoms with van der Waals surface area (Å²) in [5.74, 6) is 2.73. The lowest BCUT2D eigenvalue weighted by Crippen LogP contribution is -2.31. The number of nitrogens with zero attached hydrogens (tertiary/aromatic N) is 1. The van der Waals surface area contributed by atoms with Crippen LogP contribution in [0, 0.1) is 11.8 Å². The maximum atomic E-state index is 12.8. The molecule has 2 heterocycles. The van der Waals surface area contributed by atoms with Crippen molar-refractivity contribution in [3.05, 3.63) is 23.8 Å². The summed E-state index contributed by atoms with van der Waals surface area (Å²) in [5.41, 5.74) is 0.692. The Hall–Kier alpha value is -1.75. The molecule has 2 aliphatic rings. The van der Waals surface area contributed by atoms with Crippen molar-refractivity contribution in [2.24, 2.45) is 11.8 Å². The number of ether oxygens (including phenoxy) is 2. The second-order valence-corrected chi connectivity index (χ2v) is 6.75. The molecule has 1 amide bonds. The van der Waals surface area contributed by atoms with Crippen LogP contribution in [-0.2, 0) is 0 Å². The highest BCUT2D eigenvalue weighted by Crippen LogP contribution is 2.31. The van der Waals surface area contributed by atoms with Gasteiger partial charge in [-0.05, 0) is 42.9 Å². The minimum Gasteiger partial charge on any atom is -0.490 e. The minimum absolute atomic E-state index is 0.104. The molecule has 5 heteroatoms. The van der Waals surface area contributed by atoms with Gasteiger partial charge in [0.2, 0.25) is 0 Å². The maximum Gasteiger partial charge on any atom is 0.254 e. The zero-order valence-corrected chi connectivity index (χ0v) is 14.7. The first kappa shape index (κ1) is 17.1. The molecule has 1 aromatic rings. The van der Waals surface area contributed by atoms with E-state index < -0.39 is 0 Å². The zero-order chi connectivity index (χ0) is 16.9. The summed E-state index contributed by atoms with van der Waals surface area (Å²) < 4.78 is 11.6. The molecule has 1 aromatic carbocycles. The van der Waals surface area contributed by atoms with Gasteiger partial charge in [0, 0.05) is 31.7 Å². The molecule has 0 aliphatic carbocycles. The summed E-state index contributed by atoms with van der Waals surface area (Å²) in [6.07, 6.45) is 1.87. The molecule has 132 valence electrons. The first-order chi connectivity index (χ1) is 11.7. The van der Waals surface area contributed by atoms with Crippen LogP contribution in [0.3, 0.4) is 0 Å². The smallest absolute Gasteiger partial charge is 0.254 e. The molecule has 0 saturated carbocycles. The van der Waals surface area contributed by atoms with Gasteiger partial charge in [0.25, 0.3) is 5.91 Å². The van der Waals surface area contributed by atoms with Crippen molar-refractivity contribution >= 4 is 5.91 Å². The Morgan fingerprint density at radius 1 is 1.08 bits per heavy atom. The molecule has 0 aromatic heterocycles. The largest absolute Gasteiger partial charge is 0.490 e. The normalized spacial score (nSPS) is 22.5. The monoisotopic (exact) mass is 332 g/mol. The van der Waals surface area contributed by atoms with Crippen LogP contribution < -0.4 is 14.8 Å². The topological polar surface area (TPSA) is 50.8 Å². The molecule has 24 heavy (non-hydrogen) atoms. The molecule has 0 radical (unpaired) electrons. The summed E-state index contributed by atoms with van der Waals surface area (Å²) in [6, 6.07) is 5.57. The number of carbonyl (C=O) groups excluding carboxylic acids is 1. The highest BCUT2D eigenvalue weighted by Gasteiger charge is 2.38. The van der Waals surface area contributed by atoms with Crippen LogP contribution in [0.15, 0.2) is 18.2 Å². The summed E-state index contributed by atoms with van der Waals surface area (Å²) in [6.45, 7) is 9.19. The second-order valence-electron chi connectivity index (χ2n) is 6.75. The van der Waals surface area contributed by atoms with Crippen molar-refractivity contribution in [2.45, 2.75) is 26.7 Å². The van der Waals surface area contributed by atoms with Crippen LogP contribution >= 0.6 is 0 Å². The predicted molar refractivity (Wildman–Crippen MR) is 93.8 cm³/mol. The quantitative estimate of drug-likeness (QED) is 0.834. The van der Waals surface area contributed by atoms with Gasteiger partial charge in [0.15, 0.2) is 11.5 Å². The fourth-order valence-corrected chi connectivity index (χ4v) is 3.50.